The summed E-state index contributed by atoms with van der Waals surface area (Å²) in [6.07, 6.45) is 6.27. The van der Waals surface area contributed by atoms with E-state index < -0.39 is 0 Å². The number of benzene rings is 1. The Hall–Kier alpha value is -4.11. The number of hydrogen-bond donors (Lipinski definition) is 4. The van der Waals surface area contributed by atoms with Gasteiger partial charge in [0.25, 0.3) is 0 Å². The van der Waals surface area contributed by atoms with Crippen LogP contribution >= 0.6 is 0 Å². The molecule has 0 aliphatic heterocycles. The van der Waals surface area contributed by atoms with Gasteiger partial charge in [-0.05, 0) is 67.6 Å². The van der Waals surface area contributed by atoms with Crippen molar-refractivity contribution >= 4 is 22.9 Å². The van der Waals surface area contributed by atoms with E-state index in [1.54, 1.807) is 25.3 Å². The largest absolute Gasteiger partial charge is 0.508 e. The molecule has 0 radical (unpaired) electrons. The van der Waals surface area contributed by atoms with Crippen LogP contribution in [0, 0.1) is 6.92 Å². The van der Waals surface area contributed by atoms with E-state index in [2.05, 4.69) is 16.4 Å². The number of aliphatic imine (C=N–C) groups is 1. The van der Waals surface area contributed by atoms with Gasteiger partial charge in [0, 0.05) is 41.7 Å². The fraction of sp³-hybridized carbons (Fsp3) is 0.296. The third kappa shape index (κ3) is 4.57. The number of phenols is 1. The van der Waals surface area contributed by atoms with Gasteiger partial charge in [-0.2, -0.15) is 0 Å². The average Bonchev–Trinajstić information content (AvgIpc) is 3.26. The zero-order valence-corrected chi connectivity index (χ0v) is 20.7. The molecule has 6 N–H and O–H groups in total. The number of aromatic hydroxyl groups is 1. The molecule has 9 nitrogen and oxygen atoms in total. The third-order valence-electron chi connectivity index (χ3n) is 6.67. The molecule has 0 atom stereocenters. The molecule has 0 saturated heterocycles. The molecule has 36 heavy (non-hydrogen) atoms. The molecule has 1 saturated carbocycles. The number of fused-ring (bicyclic) bond motifs is 1. The number of phenolic OH excluding ortho intramolecular Hbond substituents is 1. The molecule has 1 aliphatic carbocycles. The van der Waals surface area contributed by atoms with Crippen molar-refractivity contribution in [3.8, 4) is 22.8 Å². The number of anilines is 1. The van der Waals surface area contributed by atoms with Gasteiger partial charge in [0.1, 0.15) is 11.6 Å². The molecule has 1 aromatic carbocycles. The van der Waals surface area contributed by atoms with Crippen molar-refractivity contribution < 1.29 is 9.84 Å². The fourth-order valence-electron chi connectivity index (χ4n) is 4.56. The Kier molecular flexibility index (Phi) is 6.24. The maximum atomic E-state index is 9.86. The zero-order valence-electron chi connectivity index (χ0n) is 20.7. The molecule has 3 aromatic heterocycles. The molecule has 0 unspecified atom stereocenters. The highest BCUT2D eigenvalue weighted by Crippen LogP contribution is 2.31. The molecule has 9 heteroatoms. The quantitative estimate of drug-likeness (QED) is 0.230. The molecule has 5 rings (SSSR count). The molecule has 1 fully saturated rings. The highest BCUT2D eigenvalue weighted by atomic mass is 16.5. The lowest BCUT2D eigenvalue weighted by Crippen LogP contribution is -2.45. The van der Waals surface area contributed by atoms with E-state index in [0.29, 0.717) is 23.1 Å². The van der Waals surface area contributed by atoms with Gasteiger partial charge in [0.15, 0.2) is 5.82 Å². The lowest BCUT2D eigenvalue weighted by molar-refractivity contribution is 0.372. The molecular weight excluding hydrogens is 454 g/mol. The molecule has 1 aliphatic rings. The van der Waals surface area contributed by atoms with Crippen LogP contribution in [-0.4, -0.2) is 44.7 Å². The van der Waals surface area contributed by atoms with Crippen LogP contribution in [0.5, 0.6) is 11.6 Å². The number of pyridine rings is 1. The summed E-state index contributed by atoms with van der Waals surface area (Å²) in [6, 6.07) is 11.5. The van der Waals surface area contributed by atoms with Crippen molar-refractivity contribution in [1.29, 1.82) is 0 Å². The van der Waals surface area contributed by atoms with E-state index in [-0.39, 0.29) is 17.8 Å². The number of nitrogens with one attached hydrogen (secondary N) is 1. The maximum absolute atomic E-state index is 9.86. The second-order valence-corrected chi connectivity index (χ2v) is 9.28. The van der Waals surface area contributed by atoms with Gasteiger partial charge < -0.3 is 26.6 Å². The van der Waals surface area contributed by atoms with E-state index in [1.807, 2.05) is 42.9 Å². The summed E-state index contributed by atoms with van der Waals surface area (Å²) in [4.78, 5) is 9.09. The van der Waals surface area contributed by atoms with Gasteiger partial charge in [-0.1, -0.05) is 6.92 Å². The first-order valence-corrected chi connectivity index (χ1v) is 12.1. The first-order valence-electron chi connectivity index (χ1n) is 12.1. The number of aromatic nitrogens is 3. The van der Waals surface area contributed by atoms with Gasteiger partial charge in [-0.15, -0.1) is 5.10 Å². The minimum atomic E-state index is 0.202. The maximum Gasteiger partial charge on any atom is 0.213 e. The summed E-state index contributed by atoms with van der Waals surface area (Å²) in [5, 5.41) is 18.2. The van der Waals surface area contributed by atoms with Crippen LogP contribution in [-0.2, 0) is 6.42 Å². The normalized spacial score (nSPS) is 17.7. The lowest BCUT2D eigenvalue weighted by atomic mass is 9.87. The van der Waals surface area contributed by atoms with Gasteiger partial charge in [-0.3, -0.25) is 0 Å². The van der Waals surface area contributed by atoms with Crippen LogP contribution in [0.2, 0.25) is 0 Å². The second-order valence-electron chi connectivity index (χ2n) is 9.28. The average molecular weight is 486 g/mol. The number of methoxy groups -OCH3 is 1. The standard InChI is InChI=1S/C27H31N7O2/c1-4-16-9-21(35)5-6-24(16)32-26(29)22-12-20-8-17(23-13-30-25(36-3)7-15(23)2)14-34(20)33-27(22)31-19-10-18(28)11-19/h5-9,12-14,18-19,35H,4,10-11,28H2,1-3H3,(H2,29,32)(H,31,33). The topological polar surface area (TPSA) is 136 Å². The number of aryl methyl sites for hydroxylation is 2. The Balaban J connectivity index is 1.59. The van der Waals surface area contributed by atoms with Gasteiger partial charge >= 0.3 is 0 Å². The Morgan fingerprint density at radius 2 is 2.06 bits per heavy atom. The Morgan fingerprint density at radius 3 is 2.75 bits per heavy atom. The summed E-state index contributed by atoms with van der Waals surface area (Å²) in [6.45, 7) is 4.05. The Morgan fingerprint density at radius 1 is 1.25 bits per heavy atom. The molecule has 0 spiro atoms. The Bertz CT molecular complexity index is 1450. The zero-order chi connectivity index (χ0) is 25.4. The number of nitrogens with two attached hydrogens (primary N) is 2. The van der Waals surface area contributed by atoms with Crippen LogP contribution in [0.25, 0.3) is 16.6 Å². The molecule has 4 aromatic rings. The highest BCUT2D eigenvalue weighted by Gasteiger charge is 2.27. The fourth-order valence-corrected chi connectivity index (χ4v) is 4.56. The third-order valence-corrected chi connectivity index (χ3v) is 6.67. The molecule has 3 heterocycles. The van der Waals surface area contributed by atoms with Gasteiger partial charge in [0.2, 0.25) is 5.88 Å². The summed E-state index contributed by atoms with van der Waals surface area (Å²) in [5.74, 6) is 1.79. The van der Waals surface area contributed by atoms with E-state index in [0.717, 1.165) is 52.7 Å². The summed E-state index contributed by atoms with van der Waals surface area (Å²) >= 11 is 0. The minimum Gasteiger partial charge on any atom is -0.508 e. The van der Waals surface area contributed by atoms with E-state index >= 15 is 0 Å². The van der Waals surface area contributed by atoms with Crippen LogP contribution in [0.3, 0.4) is 0 Å². The van der Waals surface area contributed by atoms with Gasteiger partial charge in [-0.25, -0.2) is 14.5 Å². The Labute approximate surface area is 209 Å². The van der Waals surface area contributed by atoms with E-state index in [1.165, 1.54) is 0 Å². The predicted molar refractivity (Wildman–Crippen MR) is 142 cm³/mol. The van der Waals surface area contributed by atoms with Crippen LogP contribution in [0.4, 0.5) is 11.5 Å². The van der Waals surface area contributed by atoms with Crippen molar-refractivity contribution in [2.24, 2.45) is 16.5 Å². The summed E-state index contributed by atoms with van der Waals surface area (Å²) in [5.41, 5.74) is 18.9. The number of rotatable bonds is 7. The lowest BCUT2D eigenvalue weighted by Gasteiger charge is -2.33. The van der Waals surface area contributed by atoms with Crippen molar-refractivity contribution in [3.63, 3.8) is 0 Å². The van der Waals surface area contributed by atoms with Crippen molar-refractivity contribution in [2.45, 2.75) is 45.2 Å². The van der Waals surface area contributed by atoms with Crippen LogP contribution in [0.15, 0.2) is 53.8 Å². The predicted octanol–water partition coefficient (Wildman–Crippen LogP) is 3.92. The van der Waals surface area contributed by atoms with E-state index in [9.17, 15) is 5.11 Å². The number of amidine groups is 1. The van der Waals surface area contributed by atoms with Crippen LogP contribution in [0.1, 0.15) is 36.5 Å². The number of nitrogens with zero attached hydrogens (tertiary/aromatic N) is 4. The monoisotopic (exact) mass is 485 g/mol. The summed E-state index contributed by atoms with van der Waals surface area (Å²) in [7, 11) is 1.61. The van der Waals surface area contributed by atoms with Crippen LogP contribution < -0.4 is 21.5 Å². The first-order chi connectivity index (χ1) is 17.3. The second kappa shape index (κ2) is 9.50. The van der Waals surface area contributed by atoms with Crippen molar-refractivity contribution in [1.82, 2.24) is 14.6 Å². The molecule has 0 amide bonds. The summed E-state index contributed by atoms with van der Waals surface area (Å²) < 4.78 is 7.09. The van der Waals surface area contributed by atoms with Crippen molar-refractivity contribution in [2.75, 3.05) is 12.4 Å². The number of hydrogen-bond acceptors (Lipinski definition) is 7. The SMILES string of the molecule is CCc1cc(O)ccc1N=C(N)c1cc2cc(-c3cnc(OC)cc3C)cn2nc1NC1CC(N)C1. The molecule has 0 bridgehead atoms. The smallest absolute Gasteiger partial charge is 0.213 e. The first kappa shape index (κ1) is 23.6. The minimum absolute atomic E-state index is 0.202. The van der Waals surface area contributed by atoms with Crippen molar-refractivity contribution in [3.05, 3.63) is 65.5 Å². The van der Waals surface area contributed by atoms with Gasteiger partial charge in [0.05, 0.1) is 23.9 Å². The molecule has 186 valence electrons. The highest BCUT2D eigenvalue weighted by molar-refractivity contribution is 6.04. The van der Waals surface area contributed by atoms with E-state index in [4.69, 9.17) is 26.3 Å². The molecular formula is C27H31N7O2. The number of ether oxygens (including phenoxy) is 1.